The van der Waals surface area contributed by atoms with Crippen molar-refractivity contribution in [2.45, 2.75) is 25.8 Å². The Labute approximate surface area is 177 Å². The van der Waals surface area contributed by atoms with Crippen LogP contribution >= 0.6 is 12.4 Å². The lowest BCUT2D eigenvalue weighted by Gasteiger charge is -2.36. The van der Waals surface area contributed by atoms with Crippen molar-refractivity contribution in [1.82, 2.24) is 15.5 Å². The molecule has 2 aromatic carbocycles. The number of aryl methyl sites for hydroxylation is 1. The number of nitrogens with zero attached hydrogens (tertiary/aromatic N) is 1. The van der Waals surface area contributed by atoms with Gasteiger partial charge in [-0.15, -0.1) is 12.4 Å². The van der Waals surface area contributed by atoms with Crippen molar-refractivity contribution in [3.05, 3.63) is 71.0 Å². The fraction of sp³-hybridized carbons (Fsp3) is 0.364. The number of carbonyl (C=O) groups is 2. The third-order valence-corrected chi connectivity index (χ3v) is 5.03. The first-order chi connectivity index (χ1) is 13.6. The van der Waals surface area contributed by atoms with Gasteiger partial charge in [0.15, 0.2) is 0 Å². The Morgan fingerprint density at radius 3 is 2.62 bits per heavy atom. The van der Waals surface area contributed by atoms with E-state index >= 15 is 0 Å². The van der Waals surface area contributed by atoms with E-state index in [1.54, 1.807) is 12.1 Å². The Kier molecular flexibility index (Phi) is 8.61. The van der Waals surface area contributed by atoms with Crippen LogP contribution in [0, 0.1) is 5.82 Å². The van der Waals surface area contributed by atoms with E-state index < -0.39 is 0 Å². The standard InChI is InChI=1S/C22H26FN3O2.ClH/c1-2-16-6-8-18(9-7-16)20-14-24-10-11-26(20)22(28)15-25-21(27)13-17-4-3-5-19(23)12-17;/h3-9,12,20,24H,2,10-11,13-15H2,1H3,(H,25,27);1H. The molecule has 2 aromatic rings. The maximum atomic E-state index is 13.2. The van der Waals surface area contributed by atoms with E-state index in [0.717, 1.165) is 18.5 Å². The maximum absolute atomic E-state index is 13.2. The molecule has 5 nitrogen and oxygen atoms in total. The Bertz CT molecular complexity index is 829. The number of carbonyl (C=O) groups excluding carboxylic acids is 2. The van der Waals surface area contributed by atoms with E-state index in [1.807, 2.05) is 4.90 Å². The molecule has 0 spiro atoms. The van der Waals surface area contributed by atoms with Crippen LogP contribution in [0.25, 0.3) is 0 Å². The number of halogens is 2. The molecule has 29 heavy (non-hydrogen) atoms. The van der Waals surface area contributed by atoms with Crippen LogP contribution in [0.2, 0.25) is 0 Å². The monoisotopic (exact) mass is 419 g/mol. The molecular weight excluding hydrogens is 393 g/mol. The van der Waals surface area contributed by atoms with Crippen molar-refractivity contribution in [3.63, 3.8) is 0 Å². The lowest BCUT2D eigenvalue weighted by molar-refractivity contribution is -0.135. The zero-order chi connectivity index (χ0) is 19.9. The molecule has 7 heteroatoms. The molecule has 0 radical (unpaired) electrons. The Morgan fingerprint density at radius 1 is 1.17 bits per heavy atom. The highest BCUT2D eigenvalue weighted by Crippen LogP contribution is 2.22. The van der Waals surface area contributed by atoms with Crippen molar-refractivity contribution in [1.29, 1.82) is 0 Å². The molecule has 1 atom stereocenters. The molecule has 0 bridgehead atoms. The van der Waals surface area contributed by atoms with Gasteiger partial charge in [-0.2, -0.15) is 0 Å². The molecule has 1 aliphatic heterocycles. The van der Waals surface area contributed by atoms with Gasteiger partial charge in [0.2, 0.25) is 11.8 Å². The minimum absolute atomic E-state index is 0. The highest BCUT2D eigenvalue weighted by Gasteiger charge is 2.27. The number of amides is 2. The third kappa shape index (κ3) is 6.27. The average Bonchev–Trinajstić information content (AvgIpc) is 2.72. The second kappa shape index (κ2) is 10.9. The van der Waals surface area contributed by atoms with E-state index in [-0.39, 0.29) is 49.0 Å². The van der Waals surface area contributed by atoms with Crippen molar-refractivity contribution >= 4 is 24.2 Å². The van der Waals surface area contributed by atoms with Gasteiger partial charge < -0.3 is 15.5 Å². The van der Waals surface area contributed by atoms with E-state index in [0.29, 0.717) is 18.7 Å². The van der Waals surface area contributed by atoms with Gasteiger partial charge in [0.25, 0.3) is 0 Å². The van der Waals surface area contributed by atoms with Gasteiger partial charge in [-0.05, 0) is 35.2 Å². The van der Waals surface area contributed by atoms with Gasteiger partial charge in [0, 0.05) is 19.6 Å². The number of nitrogens with one attached hydrogen (secondary N) is 2. The average molecular weight is 420 g/mol. The summed E-state index contributed by atoms with van der Waals surface area (Å²) in [5.74, 6) is -0.782. The summed E-state index contributed by atoms with van der Waals surface area (Å²) >= 11 is 0. The largest absolute Gasteiger partial charge is 0.347 e. The molecule has 1 heterocycles. The molecule has 1 unspecified atom stereocenters. The number of piperazine rings is 1. The molecule has 3 rings (SSSR count). The SMILES string of the molecule is CCc1ccc(C2CNCCN2C(=O)CNC(=O)Cc2cccc(F)c2)cc1.Cl. The zero-order valence-corrected chi connectivity index (χ0v) is 17.3. The van der Waals surface area contributed by atoms with Crippen LogP contribution < -0.4 is 10.6 Å². The van der Waals surface area contributed by atoms with E-state index in [1.165, 1.54) is 17.7 Å². The van der Waals surface area contributed by atoms with Crippen LogP contribution in [-0.4, -0.2) is 42.9 Å². The summed E-state index contributed by atoms with van der Waals surface area (Å²) in [6, 6.07) is 14.2. The van der Waals surface area contributed by atoms with Crippen molar-refractivity contribution in [3.8, 4) is 0 Å². The molecule has 2 N–H and O–H groups in total. The van der Waals surface area contributed by atoms with Gasteiger partial charge >= 0.3 is 0 Å². The van der Waals surface area contributed by atoms with Gasteiger partial charge in [-0.1, -0.05) is 43.3 Å². The number of hydrogen-bond donors (Lipinski definition) is 2. The normalized spacial score (nSPS) is 16.1. The summed E-state index contributed by atoms with van der Waals surface area (Å²) < 4.78 is 13.2. The first-order valence-corrected chi connectivity index (χ1v) is 9.67. The predicted octanol–water partition coefficient (Wildman–Crippen LogP) is 2.64. The van der Waals surface area contributed by atoms with Crippen LogP contribution in [0.1, 0.15) is 29.7 Å². The van der Waals surface area contributed by atoms with E-state index in [4.69, 9.17) is 0 Å². The van der Waals surface area contributed by atoms with Gasteiger partial charge in [-0.3, -0.25) is 9.59 Å². The fourth-order valence-electron chi connectivity index (χ4n) is 3.45. The lowest BCUT2D eigenvalue weighted by atomic mass is 10.0. The smallest absolute Gasteiger partial charge is 0.242 e. The number of rotatable bonds is 6. The van der Waals surface area contributed by atoms with Crippen molar-refractivity contribution in [2.24, 2.45) is 0 Å². The van der Waals surface area contributed by atoms with Gasteiger partial charge in [0.05, 0.1) is 19.0 Å². The highest BCUT2D eigenvalue weighted by atomic mass is 35.5. The number of hydrogen-bond acceptors (Lipinski definition) is 3. The van der Waals surface area contributed by atoms with Crippen LogP contribution in [-0.2, 0) is 22.4 Å². The Morgan fingerprint density at radius 2 is 1.93 bits per heavy atom. The molecule has 1 aliphatic rings. The molecular formula is C22H27ClFN3O2. The molecule has 0 aliphatic carbocycles. The number of benzene rings is 2. The second-order valence-electron chi connectivity index (χ2n) is 6.99. The summed E-state index contributed by atoms with van der Waals surface area (Å²) in [7, 11) is 0. The quantitative estimate of drug-likeness (QED) is 0.756. The summed E-state index contributed by atoms with van der Waals surface area (Å²) in [6.07, 6.45) is 1.03. The Balaban J connectivity index is 0.00000300. The van der Waals surface area contributed by atoms with Crippen molar-refractivity contribution in [2.75, 3.05) is 26.2 Å². The molecule has 0 saturated carbocycles. The Hall–Kier alpha value is -2.44. The molecule has 156 valence electrons. The molecule has 0 aromatic heterocycles. The first kappa shape index (κ1) is 22.8. The van der Waals surface area contributed by atoms with Gasteiger partial charge in [0.1, 0.15) is 5.82 Å². The summed E-state index contributed by atoms with van der Waals surface area (Å²) in [4.78, 5) is 26.7. The summed E-state index contributed by atoms with van der Waals surface area (Å²) in [5, 5.41) is 6.00. The van der Waals surface area contributed by atoms with Crippen LogP contribution in [0.15, 0.2) is 48.5 Å². The van der Waals surface area contributed by atoms with E-state index in [9.17, 15) is 14.0 Å². The van der Waals surface area contributed by atoms with Gasteiger partial charge in [-0.25, -0.2) is 4.39 Å². The third-order valence-electron chi connectivity index (χ3n) is 5.03. The first-order valence-electron chi connectivity index (χ1n) is 9.67. The lowest BCUT2D eigenvalue weighted by Crippen LogP contribution is -2.51. The fourth-order valence-corrected chi connectivity index (χ4v) is 3.45. The van der Waals surface area contributed by atoms with Crippen LogP contribution in [0.4, 0.5) is 4.39 Å². The maximum Gasteiger partial charge on any atom is 0.242 e. The molecule has 2 amide bonds. The highest BCUT2D eigenvalue weighted by molar-refractivity contribution is 5.86. The molecule has 1 saturated heterocycles. The second-order valence-corrected chi connectivity index (χ2v) is 6.99. The van der Waals surface area contributed by atoms with E-state index in [2.05, 4.69) is 41.8 Å². The zero-order valence-electron chi connectivity index (χ0n) is 16.5. The minimum Gasteiger partial charge on any atom is -0.347 e. The van der Waals surface area contributed by atoms with Crippen LogP contribution in [0.5, 0.6) is 0 Å². The molecule has 1 fully saturated rings. The predicted molar refractivity (Wildman–Crippen MR) is 114 cm³/mol. The minimum atomic E-state index is -0.376. The van der Waals surface area contributed by atoms with Crippen molar-refractivity contribution < 1.29 is 14.0 Å². The topological polar surface area (TPSA) is 61.4 Å². The summed E-state index contributed by atoms with van der Waals surface area (Å²) in [6.45, 7) is 4.07. The summed E-state index contributed by atoms with van der Waals surface area (Å²) in [5.41, 5.74) is 2.93. The van der Waals surface area contributed by atoms with Crippen LogP contribution in [0.3, 0.4) is 0 Å².